The third-order valence-electron chi connectivity index (χ3n) is 25.8. The summed E-state index contributed by atoms with van der Waals surface area (Å²) in [5.74, 6) is -4.46. The van der Waals surface area contributed by atoms with Gasteiger partial charge in [0.25, 0.3) is 11.8 Å². The van der Waals surface area contributed by atoms with Gasteiger partial charge in [0.05, 0.1) is 77.8 Å². The van der Waals surface area contributed by atoms with Crippen molar-refractivity contribution in [1.82, 2.24) is 28.7 Å². The van der Waals surface area contributed by atoms with Crippen LogP contribution in [0.5, 0.6) is 0 Å². The second-order valence-corrected chi connectivity index (χ2v) is 34.1. The fourth-order valence-corrected chi connectivity index (χ4v) is 19.2. The van der Waals surface area contributed by atoms with Crippen LogP contribution >= 0.6 is 45.8 Å². The van der Waals surface area contributed by atoms with E-state index < -0.39 is 62.9 Å². The summed E-state index contributed by atoms with van der Waals surface area (Å²) in [4.78, 5) is 159. The number of benzene rings is 4. The number of anilines is 4. The number of ketones is 2. The molecule has 0 spiro atoms. The Kier molecular flexibility index (Phi) is 53.9. The summed E-state index contributed by atoms with van der Waals surface area (Å²) in [5, 5.41) is 13.1. The first kappa shape index (κ1) is 118. The van der Waals surface area contributed by atoms with Gasteiger partial charge >= 0.3 is 98.6 Å². The number of esters is 3. The summed E-state index contributed by atoms with van der Waals surface area (Å²) in [5.41, 5.74) is 15.0. The van der Waals surface area contributed by atoms with E-state index >= 15 is 0 Å². The summed E-state index contributed by atoms with van der Waals surface area (Å²) in [6.07, 6.45) is 37.0. The molecule has 1 aromatic heterocycles. The Balaban J connectivity index is 0.000000431. The molecular weight excluding hydrogens is 1840 g/mol. The van der Waals surface area contributed by atoms with E-state index in [1.165, 1.54) is 182 Å². The zero-order chi connectivity index (χ0) is 88.9. The molecule has 2 amide bonds. The molecule has 5 aromatic rings. The van der Waals surface area contributed by atoms with Gasteiger partial charge in [-0.1, -0.05) is 241 Å². The van der Waals surface area contributed by atoms with Gasteiger partial charge in [-0.2, -0.15) is 0 Å². The predicted octanol–water partition coefficient (Wildman–Crippen LogP) is 10.1. The van der Waals surface area contributed by atoms with Gasteiger partial charge in [0.2, 0.25) is 11.6 Å². The van der Waals surface area contributed by atoms with Crippen LogP contribution in [0.3, 0.4) is 0 Å². The molecule has 6 aliphatic heterocycles. The topological polar surface area (TPSA) is 353 Å². The van der Waals surface area contributed by atoms with Crippen molar-refractivity contribution in [1.29, 1.82) is 0 Å². The van der Waals surface area contributed by atoms with Crippen LogP contribution in [0.15, 0.2) is 146 Å². The minimum absolute atomic E-state index is 0. The average molecular weight is 1990 g/mol. The van der Waals surface area contributed by atoms with Crippen LogP contribution < -0.4 is 96.2 Å². The van der Waals surface area contributed by atoms with Gasteiger partial charge < -0.3 is 45.2 Å². The molecule has 0 bridgehead atoms. The van der Waals surface area contributed by atoms with E-state index in [0.29, 0.717) is 126 Å². The first-order chi connectivity index (χ1) is 60.0. The molecular formula is C99H139Cl2IN10Na2O17. The molecule has 4 aromatic carbocycles. The third kappa shape index (κ3) is 31.5. The van der Waals surface area contributed by atoms with Crippen LogP contribution in [-0.4, -0.2) is 195 Å². The second kappa shape index (κ2) is 59.8. The van der Waals surface area contributed by atoms with Crippen LogP contribution in [-0.2, 0) is 82.0 Å². The maximum atomic E-state index is 13.1. The molecule has 0 radical (unpaired) electrons. The molecule has 4 saturated carbocycles. The molecule has 0 atom stereocenters. The number of aliphatic carboxylic acids is 1. The number of carbonyl (C=O) groups is 10. The number of hydrogen-bond acceptors (Lipinski definition) is 23. The standard InChI is InChI=1S/C24H31N3O4.C24H30N2O4.C23H28N2O4.C21H31N3O2.C2Cl2O2.CH3I.4CH4.2Na.H2O/c1-25-20-12-8-9-13-21(20)27(23(29)22(25)28)19-14-15-26(16-18(19)24(30)31-2)17-10-6-4-3-5-7-11-17;1-30-24(29)19-16-25(18-10-5-3-2-4-6-11-18)14-13-21(19)26-20-12-8-7-9-17(20)15-22(27)23(26)28;26-21-14-16-8-6-7-11-19(16)25(22(21)27)20-12-13-24(15-18(20)23(28)29)17-9-4-2-1-3-5-10-17;1-26-21(25)17-15-24(16-9-5-3-2-4-6-10-16)14-13-19(17)23-20-12-8-7-11-18(20)22;3-1(5)2(4)6;1-2;;;;;;;/h8-9,12-13,17H,3-7,10-11,14-16H2,1-2H3;7-9,12,18H,2-6,10-11,13-16H2,1H3;6-8,11,17H,1-5,9-10,12-15H2,(H,28,29);7-8,11-12,16,23H,2-6,9-10,13-15,22H2,1H3;;1H3;4*1H4;;;1H2/q;;;;;;;;;;2*+1;/p-2. The van der Waals surface area contributed by atoms with Crippen molar-refractivity contribution in [2.24, 2.45) is 7.05 Å². The number of hydrogen-bond donors (Lipinski definition) is 2. The van der Waals surface area contributed by atoms with Crippen molar-refractivity contribution in [3.05, 3.63) is 168 Å². The Bertz CT molecular complexity index is 4890. The van der Waals surface area contributed by atoms with Crippen molar-refractivity contribution in [3.63, 3.8) is 0 Å². The first-order valence-electron chi connectivity index (χ1n) is 44.3. The van der Waals surface area contributed by atoms with Crippen LogP contribution in [0, 0.1) is 0 Å². The summed E-state index contributed by atoms with van der Waals surface area (Å²) in [6.45, 7) is 5.04. The fraction of sp³-hybridized carbons (Fsp3) is 0.556. The largest absolute Gasteiger partial charge is 1.00 e. The minimum Gasteiger partial charge on any atom is -0.870 e. The molecule has 0 saturated heterocycles. The molecule has 4 fully saturated rings. The zero-order valence-electron chi connectivity index (χ0n) is 75.0. The Morgan fingerprint density at radius 3 is 1.09 bits per heavy atom. The van der Waals surface area contributed by atoms with Gasteiger partial charge in [0, 0.05) is 150 Å². The van der Waals surface area contributed by atoms with Gasteiger partial charge in [-0.15, -0.1) is 0 Å². The van der Waals surface area contributed by atoms with Gasteiger partial charge in [0.15, 0.2) is 0 Å². The SMILES string of the molecule is C.C.C.C.CI.COC(=O)C1=C(N2C(=O)C(=O)Cc3ccccc32)CCN(C2CCCCCCC2)C1.COC(=O)C1=C(Nc2ccccc2N)CCN(C2CCCCCCC2)C1.COC(=O)C1=C(n2c(=O)c(=O)n(C)c3ccccc32)CCN(C2CCCCCCC2)C1.O=C(Cl)C(=O)Cl.O=C([O-])C1=C(N2C(=O)C(=O)Cc3ccccc32)CCN(C2CCCCCCC2)C1.[Na+].[Na+].[OH-]. The van der Waals surface area contributed by atoms with E-state index in [9.17, 15) is 62.6 Å². The second-order valence-electron chi connectivity index (χ2n) is 33.4. The molecule has 7 heterocycles. The molecule has 32 heteroatoms. The van der Waals surface area contributed by atoms with Crippen molar-refractivity contribution >= 4 is 143 Å². The number of fused-ring (bicyclic) bond motifs is 3. The number of methoxy groups -OCH3 is 3. The number of Topliss-reactive ketones (excluding diaryl/α,β-unsaturated/α-hetero) is 2. The van der Waals surface area contributed by atoms with Crippen molar-refractivity contribution in [3.8, 4) is 0 Å². The number of aromatic nitrogens is 2. The molecule has 27 nitrogen and oxygen atoms in total. The molecule has 15 rings (SSSR count). The fourth-order valence-electron chi connectivity index (χ4n) is 19.2. The molecule has 710 valence electrons. The normalized spacial score (nSPS) is 18.9. The quantitative estimate of drug-likeness (QED) is 0.0152. The Morgan fingerprint density at radius 2 is 0.718 bits per heavy atom. The number of halogens is 3. The summed E-state index contributed by atoms with van der Waals surface area (Å²) in [6, 6.07) is 31.5. The number of ether oxygens (including phenoxy) is 3. The molecule has 4 aliphatic carbocycles. The average Bonchev–Trinajstić information content (AvgIpc) is 0.758. The van der Waals surface area contributed by atoms with Crippen LogP contribution in [0.25, 0.3) is 16.7 Å². The van der Waals surface area contributed by atoms with Gasteiger partial charge in [-0.25, -0.2) is 14.4 Å². The minimum atomic E-state index is -1.25. The number of nitrogen functional groups attached to an aromatic ring is 1. The van der Waals surface area contributed by atoms with E-state index in [1.807, 2.05) is 89.9 Å². The number of nitrogens with zero attached hydrogens (tertiary/aromatic N) is 8. The van der Waals surface area contributed by atoms with Crippen molar-refractivity contribution < 1.29 is 132 Å². The smallest absolute Gasteiger partial charge is 0.870 e. The van der Waals surface area contributed by atoms with Gasteiger partial charge in [0.1, 0.15) is 0 Å². The van der Waals surface area contributed by atoms with Crippen LogP contribution in [0.1, 0.15) is 246 Å². The Hall–Kier alpha value is -7.01. The number of nitrogens with two attached hydrogens (primary N) is 1. The Labute approximate surface area is 843 Å². The number of rotatable bonds is 14. The first-order valence-corrected chi connectivity index (χ1v) is 47.2. The van der Waals surface area contributed by atoms with Gasteiger partial charge in [-0.05, 0) is 127 Å². The number of carbonyl (C=O) groups excluding carboxylic acids is 10. The molecule has 10 aliphatic rings. The van der Waals surface area contributed by atoms with Gasteiger partial charge in [-0.3, -0.25) is 72.3 Å². The number of amides is 2. The number of para-hydroxylation sites is 6. The summed E-state index contributed by atoms with van der Waals surface area (Å²) < 4.78 is 18.1. The van der Waals surface area contributed by atoms with Crippen molar-refractivity contribution in [2.75, 3.05) is 99.5 Å². The molecule has 0 unspecified atom stereocenters. The van der Waals surface area contributed by atoms with E-state index in [-0.39, 0.29) is 125 Å². The third-order valence-corrected chi connectivity index (χ3v) is 26.2. The van der Waals surface area contributed by atoms with E-state index in [2.05, 4.69) is 70.7 Å². The number of alkyl halides is 1. The zero-order valence-corrected chi connectivity index (χ0v) is 82.7. The number of carboxylic acids is 1. The summed E-state index contributed by atoms with van der Waals surface area (Å²) >= 11 is 11.1. The van der Waals surface area contributed by atoms with E-state index in [4.69, 9.17) is 19.9 Å². The van der Waals surface area contributed by atoms with E-state index in [0.717, 1.165) is 92.7 Å². The maximum absolute atomic E-state index is 13.1. The van der Waals surface area contributed by atoms with E-state index in [1.54, 1.807) is 19.2 Å². The molecule has 131 heavy (non-hydrogen) atoms. The maximum Gasteiger partial charge on any atom is 1.00 e. The monoisotopic (exact) mass is 1980 g/mol. The van der Waals surface area contributed by atoms with Crippen LogP contribution in [0.4, 0.5) is 22.7 Å². The number of carboxylic acid groups (broad SMARTS) is 1. The summed E-state index contributed by atoms with van der Waals surface area (Å²) in [7, 11) is 5.80. The Morgan fingerprint density at radius 1 is 0.412 bits per heavy atom. The molecule has 4 N–H and O–H groups in total. The number of aryl methyl sites for hydroxylation is 1. The van der Waals surface area contributed by atoms with Crippen molar-refractivity contribution in [2.45, 2.75) is 272 Å². The predicted molar refractivity (Wildman–Crippen MR) is 518 cm³/mol. The number of nitrogens with one attached hydrogen (secondary N) is 1. The van der Waals surface area contributed by atoms with Crippen LogP contribution in [0.2, 0.25) is 0 Å².